The third-order valence-electron chi connectivity index (χ3n) is 8.67. The summed E-state index contributed by atoms with van der Waals surface area (Å²) in [5.41, 5.74) is 0. The Balaban J connectivity index is 3.60. The highest BCUT2D eigenvalue weighted by Crippen LogP contribution is 2.13. The van der Waals surface area contributed by atoms with Crippen molar-refractivity contribution in [3.05, 3.63) is 85.1 Å². The zero-order valence-corrected chi connectivity index (χ0v) is 33.5. The lowest BCUT2D eigenvalue weighted by molar-refractivity contribution is -0.161. The number of ether oxygens (including phenoxy) is 2. The summed E-state index contributed by atoms with van der Waals surface area (Å²) in [4.78, 5) is 24.2. The van der Waals surface area contributed by atoms with Crippen molar-refractivity contribution in [2.24, 2.45) is 0 Å². The van der Waals surface area contributed by atoms with Gasteiger partial charge in [-0.2, -0.15) is 0 Å². The van der Waals surface area contributed by atoms with Gasteiger partial charge in [-0.1, -0.05) is 170 Å². The molecule has 0 aliphatic heterocycles. The van der Waals surface area contributed by atoms with Crippen molar-refractivity contribution in [1.82, 2.24) is 0 Å². The number of carbonyl (C=O) groups excluding carboxylic acids is 2. The summed E-state index contributed by atoms with van der Waals surface area (Å²) in [5, 5.41) is 9.55. The van der Waals surface area contributed by atoms with Gasteiger partial charge < -0.3 is 14.6 Å². The molecule has 1 unspecified atom stereocenters. The van der Waals surface area contributed by atoms with Crippen LogP contribution in [0.5, 0.6) is 0 Å². The molecule has 0 aromatic carbocycles. The van der Waals surface area contributed by atoms with E-state index in [-0.39, 0.29) is 25.2 Å². The van der Waals surface area contributed by atoms with Gasteiger partial charge in [-0.05, 0) is 83.5 Å². The van der Waals surface area contributed by atoms with E-state index < -0.39 is 6.10 Å². The Hall–Kier alpha value is -2.92. The van der Waals surface area contributed by atoms with E-state index >= 15 is 0 Å². The van der Waals surface area contributed by atoms with Crippen molar-refractivity contribution in [1.29, 1.82) is 0 Å². The highest BCUT2D eigenvalue weighted by Gasteiger charge is 2.16. The Bertz CT molecular complexity index is 999. The second-order valence-corrected chi connectivity index (χ2v) is 13.7. The smallest absolute Gasteiger partial charge is 0.306 e. The molecule has 0 radical (unpaired) electrons. The fourth-order valence-electron chi connectivity index (χ4n) is 5.48. The molecule has 1 N–H and O–H groups in total. The van der Waals surface area contributed by atoms with E-state index in [0.29, 0.717) is 12.8 Å². The summed E-state index contributed by atoms with van der Waals surface area (Å²) in [6.45, 7) is 3.95. The molecule has 0 saturated carbocycles. The van der Waals surface area contributed by atoms with Gasteiger partial charge in [0.15, 0.2) is 6.10 Å². The summed E-state index contributed by atoms with van der Waals surface area (Å²) < 4.78 is 10.6. The number of hydrogen-bond acceptors (Lipinski definition) is 5. The summed E-state index contributed by atoms with van der Waals surface area (Å²) >= 11 is 0. The predicted molar refractivity (Wildman–Crippen MR) is 223 cm³/mol. The fourth-order valence-corrected chi connectivity index (χ4v) is 5.48. The lowest BCUT2D eigenvalue weighted by Gasteiger charge is -2.15. The topological polar surface area (TPSA) is 72.8 Å². The number of aliphatic hydroxyl groups excluding tert-OH is 1. The molecule has 0 aliphatic rings. The van der Waals surface area contributed by atoms with Gasteiger partial charge >= 0.3 is 11.9 Å². The summed E-state index contributed by atoms with van der Waals surface area (Å²) in [6.07, 6.45) is 58.0. The molecule has 296 valence electrons. The Kier molecular flexibility index (Phi) is 40.1. The van der Waals surface area contributed by atoms with Gasteiger partial charge in [0.25, 0.3) is 0 Å². The van der Waals surface area contributed by atoms with Crippen molar-refractivity contribution < 1.29 is 24.2 Å². The molecule has 0 rings (SSSR count). The Labute approximate surface area is 320 Å². The Morgan fingerprint density at radius 2 is 0.827 bits per heavy atom. The van der Waals surface area contributed by atoms with Crippen molar-refractivity contribution >= 4 is 11.9 Å². The van der Waals surface area contributed by atoms with Crippen LogP contribution >= 0.6 is 0 Å². The van der Waals surface area contributed by atoms with Crippen LogP contribution in [0.25, 0.3) is 0 Å². The van der Waals surface area contributed by atoms with Gasteiger partial charge in [0.1, 0.15) is 6.61 Å². The van der Waals surface area contributed by atoms with Gasteiger partial charge in [0.2, 0.25) is 0 Å². The lowest BCUT2D eigenvalue weighted by atomic mass is 10.1. The maximum absolute atomic E-state index is 12.2. The van der Waals surface area contributed by atoms with Crippen LogP contribution in [0.3, 0.4) is 0 Å². The van der Waals surface area contributed by atoms with E-state index in [4.69, 9.17) is 9.47 Å². The standard InChI is InChI=1S/C47H78O5/c1-3-5-7-9-11-13-15-16-17-18-19-20-21-22-23-24-25-26-27-28-29-30-32-34-36-38-40-42-47(50)52-45(43-48)44-51-46(49)41-39-37-35-33-31-14-12-10-8-6-4-2/h5,7,10-13,16-17,19-20,22-23,25-26,45,48H,3-4,6,8-9,14-15,18,21,24,27-44H2,1-2H3/b7-5-,12-10-,13-11-,17-16-,20-19-,23-22-,26-25-. The average molecular weight is 723 g/mol. The van der Waals surface area contributed by atoms with E-state index in [0.717, 1.165) is 89.9 Å². The van der Waals surface area contributed by atoms with Crippen molar-refractivity contribution in [3.63, 3.8) is 0 Å². The minimum absolute atomic E-state index is 0.0778. The van der Waals surface area contributed by atoms with Gasteiger partial charge in [0.05, 0.1) is 6.61 Å². The highest BCUT2D eigenvalue weighted by atomic mass is 16.6. The van der Waals surface area contributed by atoms with Crippen molar-refractivity contribution in [2.75, 3.05) is 13.2 Å². The quantitative estimate of drug-likeness (QED) is 0.0393. The zero-order chi connectivity index (χ0) is 37.8. The van der Waals surface area contributed by atoms with Gasteiger partial charge in [0, 0.05) is 12.8 Å². The molecule has 0 aromatic heterocycles. The van der Waals surface area contributed by atoms with Crippen LogP contribution in [0.1, 0.15) is 181 Å². The number of aliphatic hydroxyl groups is 1. The molecule has 5 heteroatoms. The average Bonchev–Trinajstić information content (AvgIpc) is 3.15. The van der Waals surface area contributed by atoms with E-state index in [1.165, 1.54) is 64.2 Å². The summed E-state index contributed by atoms with van der Waals surface area (Å²) in [5.74, 6) is -0.619. The SMILES string of the molecule is CC/C=C\C/C=C\C/C=C\C/C=C\C/C=C\C/C=C\CCCCCCCCCCC(=O)OC(CO)COC(=O)CCCCCCC/C=C\CCCC. The number of rotatable bonds is 37. The fraction of sp³-hybridized carbons (Fsp3) is 0.660. The van der Waals surface area contributed by atoms with Crippen LogP contribution in [0.2, 0.25) is 0 Å². The highest BCUT2D eigenvalue weighted by molar-refractivity contribution is 5.70. The second-order valence-electron chi connectivity index (χ2n) is 13.7. The van der Waals surface area contributed by atoms with Crippen LogP contribution in [-0.4, -0.2) is 36.4 Å². The zero-order valence-electron chi connectivity index (χ0n) is 33.5. The van der Waals surface area contributed by atoms with Gasteiger partial charge in [-0.25, -0.2) is 0 Å². The molecule has 0 saturated heterocycles. The molecule has 5 nitrogen and oxygen atoms in total. The Morgan fingerprint density at radius 3 is 1.27 bits per heavy atom. The van der Waals surface area contributed by atoms with Crippen molar-refractivity contribution in [3.8, 4) is 0 Å². The predicted octanol–water partition coefficient (Wildman–Crippen LogP) is 13.5. The number of hydrogen-bond donors (Lipinski definition) is 1. The molecule has 0 spiro atoms. The van der Waals surface area contributed by atoms with Gasteiger partial charge in [-0.3, -0.25) is 9.59 Å². The monoisotopic (exact) mass is 723 g/mol. The van der Waals surface area contributed by atoms with E-state index in [9.17, 15) is 14.7 Å². The largest absolute Gasteiger partial charge is 0.462 e. The molecular formula is C47H78O5. The van der Waals surface area contributed by atoms with Crippen LogP contribution in [0, 0.1) is 0 Å². The molecule has 0 bridgehead atoms. The molecular weight excluding hydrogens is 645 g/mol. The molecule has 0 aromatic rings. The first-order valence-electron chi connectivity index (χ1n) is 21.1. The molecule has 0 aliphatic carbocycles. The summed E-state index contributed by atoms with van der Waals surface area (Å²) in [7, 11) is 0. The number of unbranched alkanes of at least 4 members (excludes halogenated alkanes) is 15. The molecule has 0 fully saturated rings. The van der Waals surface area contributed by atoms with Crippen molar-refractivity contribution in [2.45, 2.75) is 187 Å². The molecule has 1 atom stereocenters. The molecule has 0 amide bonds. The van der Waals surface area contributed by atoms with E-state index in [1.54, 1.807) is 0 Å². The minimum atomic E-state index is -0.783. The number of esters is 2. The lowest BCUT2D eigenvalue weighted by Crippen LogP contribution is -2.28. The minimum Gasteiger partial charge on any atom is -0.462 e. The first kappa shape index (κ1) is 49.1. The Morgan fingerprint density at radius 1 is 0.462 bits per heavy atom. The van der Waals surface area contributed by atoms with Crippen LogP contribution in [0.15, 0.2) is 85.1 Å². The van der Waals surface area contributed by atoms with Crippen LogP contribution < -0.4 is 0 Å². The first-order chi connectivity index (χ1) is 25.6. The van der Waals surface area contributed by atoms with Crippen LogP contribution in [0.4, 0.5) is 0 Å². The molecule has 52 heavy (non-hydrogen) atoms. The second kappa shape index (κ2) is 42.5. The normalized spacial score (nSPS) is 13.1. The summed E-state index contributed by atoms with van der Waals surface area (Å²) in [6, 6.07) is 0. The van der Waals surface area contributed by atoms with E-state index in [1.807, 2.05) is 0 Å². The van der Waals surface area contributed by atoms with Gasteiger partial charge in [-0.15, -0.1) is 0 Å². The third kappa shape index (κ3) is 39.9. The maximum atomic E-state index is 12.2. The number of carbonyl (C=O) groups is 2. The maximum Gasteiger partial charge on any atom is 0.306 e. The first-order valence-corrected chi connectivity index (χ1v) is 21.1. The third-order valence-corrected chi connectivity index (χ3v) is 8.67. The number of allylic oxidation sites excluding steroid dienone is 14. The van der Waals surface area contributed by atoms with E-state index in [2.05, 4.69) is 98.9 Å². The van der Waals surface area contributed by atoms with Crippen LogP contribution in [-0.2, 0) is 19.1 Å². The molecule has 0 heterocycles.